The molecule has 2 rings (SSSR count). The molecule has 0 atom stereocenters. The Bertz CT molecular complexity index is 588. The molecule has 0 aromatic heterocycles. The van der Waals surface area contributed by atoms with Crippen molar-refractivity contribution < 1.29 is 24.5 Å². The summed E-state index contributed by atoms with van der Waals surface area (Å²) in [5.41, 5.74) is -0.582. The van der Waals surface area contributed by atoms with Crippen LogP contribution < -0.4 is 0 Å². The number of halogens is 1. The van der Waals surface area contributed by atoms with Gasteiger partial charge in [0.15, 0.2) is 5.76 Å². The number of ketones is 2. The predicted molar refractivity (Wildman–Crippen MR) is 62.9 cm³/mol. The summed E-state index contributed by atoms with van der Waals surface area (Å²) >= 11 is 5.75. The maximum absolute atomic E-state index is 12.0. The molecule has 1 aliphatic rings. The van der Waals surface area contributed by atoms with Crippen LogP contribution in [-0.2, 0) is 4.74 Å². The molecule has 0 amide bonds. The Kier molecular flexibility index (Phi) is 3.00. The van der Waals surface area contributed by atoms with E-state index < -0.39 is 28.1 Å². The molecule has 0 radical (unpaired) electrons. The van der Waals surface area contributed by atoms with Crippen LogP contribution in [0.3, 0.4) is 0 Å². The third kappa shape index (κ3) is 1.64. The smallest absolute Gasteiger partial charge is 0.233 e. The lowest BCUT2D eigenvalue weighted by Gasteiger charge is -2.19. The quantitative estimate of drug-likeness (QED) is 0.801. The van der Waals surface area contributed by atoms with E-state index in [1.165, 1.54) is 0 Å². The molecule has 1 aromatic carbocycles. The molecule has 0 unspecified atom stereocenters. The number of rotatable bonds is 2. The molecule has 0 heterocycles. The maximum atomic E-state index is 12.0. The fourth-order valence-electron chi connectivity index (χ4n) is 1.74. The number of Topliss-reactive ketones (excluding diaryl/α,β-unsaturated/α-hetero) is 2. The summed E-state index contributed by atoms with van der Waals surface area (Å²) in [6.45, 7) is 1.78. The summed E-state index contributed by atoms with van der Waals surface area (Å²) in [4.78, 5) is 24.0. The van der Waals surface area contributed by atoms with Gasteiger partial charge in [0.1, 0.15) is 16.5 Å². The first-order chi connectivity index (χ1) is 8.49. The highest BCUT2D eigenvalue weighted by atomic mass is 35.5. The van der Waals surface area contributed by atoms with E-state index in [1.807, 2.05) is 0 Å². The maximum Gasteiger partial charge on any atom is 0.233 e. The minimum absolute atomic E-state index is 0.152. The van der Waals surface area contributed by atoms with E-state index in [4.69, 9.17) is 16.3 Å². The number of aromatic hydroxyl groups is 2. The van der Waals surface area contributed by atoms with E-state index in [1.54, 1.807) is 6.92 Å². The molecule has 2 N–H and O–H groups in total. The Morgan fingerprint density at radius 1 is 1.11 bits per heavy atom. The van der Waals surface area contributed by atoms with Gasteiger partial charge in [-0.3, -0.25) is 9.59 Å². The molecular formula is C12H9ClO5. The minimum Gasteiger partial charge on any atom is -0.507 e. The van der Waals surface area contributed by atoms with E-state index in [2.05, 4.69) is 0 Å². The second-order valence-electron chi connectivity index (χ2n) is 3.59. The molecule has 0 bridgehead atoms. The summed E-state index contributed by atoms with van der Waals surface area (Å²) in [6.07, 6.45) is 0. The van der Waals surface area contributed by atoms with Crippen LogP contribution in [0.5, 0.6) is 11.5 Å². The topological polar surface area (TPSA) is 83.8 Å². The summed E-state index contributed by atoms with van der Waals surface area (Å²) < 4.78 is 5.01. The van der Waals surface area contributed by atoms with Crippen molar-refractivity contribution in [1.82, 2.24) is 0 Å². The zero-order valence-electron chi connectivity index (χ0n) is 9.36. The van der Waals surface area contributed by atoms with Gasteiger partial charge in [-0.25, -0.2) is 0 Å². The average Bonchev–Trinajstić information content (AvgIpc) is 2.34. The van der Waals surface area contributed by atoms with Gasteiger partial charge in [-0.05, 0) is 19.1 Å². The number of carbonyl (C=O) groups is 2. The van der Waals surface area contributed by atoms with Crippen LogP contribution in [0.15, 0.2) is 22.9 Å². The Labute approximate surface area is 107 Å². The summed E-state index contributed by atoms with van der Waals surface area (Å²) in [5.74, 6) is -2.58. The van der Waals surface area contributed by atoms with E-state index in [0.29, 0.717) is 0 Å². The van der Waals surface area contributed by atoms with Crippen LogP contribution in [-0.4, -0.2) is 28.4 Å². The second kappa shape index (κ2) is 4.34. The Morgan fingerprint density at radius 3 is 2.11 bits per heavy atom. The monoisotopic (exact) mass is 268 g/mol. The van der Waals surface area contributed by atoms with Crippen molar-refractivity contribution in [2.75, 3.05) is 6.61 Å². The standard InChI is InChI=1S/C12H9ClO5/c1-2-18-12-9(13)10(16)7-5(14)3-4-6(15)8(7)11(12)17/h3-4,14-15H,2H2,1H3. The van der Waals surface area contributed by atoms with Gasteiger partial charge in [-0.2, -0.15) is 0 Å². The zero-order chi connectivity index (χ0) is 13.4. The van der Waals surface area contributed by atoms with Crippen LogP contribution in [0.25, 0.3) is 0 Å². The molecule has 0 spiro atoms. The van der Waals surface area contributed by atoms with Gasteiger partial charge in [-0.1, -0.05) is 11.6 Å². The lowest BCUT2D eigenvalue weighted by Crippen LogP contribution is -2.22. The number of hydrogen-bond acceptors (Lipinski definition) is 5. The SMILES string of the molecule is CCOC1=C(Cl)C(=O)c2c(O)ccc(O)c2C1=O. The van der Waals surface area contributed by atoms with Crippen molar-refractivity contribution in [3.05, 3.63) is 34.1 Å². The molecule has 5 nitrogen and oxygen atoms in total. The molecule has 1 aromatic rings. The van der Waals surface area contributed by atoms with Gasteiger partial charge < -0.3 is 14.9 Å². The lowest BCUT2D eigenvalue weighted by molar-refractivity contribution is 0.0883. The lowest BCUT2D eigenvalue weighted by atomic mass is 9.91. The van der Waals surface area contributed by atoms with Gasteiger partial charge in [0.2, 0.25) is 11.6 Å². The number of carbonyl (C=O) groups excluding carboxylic acids is 2. The number of ether oxygens (including phenoxy) is 1. The molecule has 0 saturated heterocycles. The molecule has 1 aliphatic carbocycles. The fraction of sp³-hybridized carbons (Fsp3) is 0.167. The predicted octanol–water partition coefficient (Wildman–Crippen LogP) is 1.96. The van der Waals surface area contributed by atoms with Crippen molar-refractivity contribution in [2.24, 2.45) is 0 Å². The zero-order valence-corrected chi connectivity index (χ0v) is 10.1. The Hall–Kier alpha value is -2.01. The van der Waals surface area contributed by atoms with Crippen molar-refractivity contribution in [1.29, 1.82) is 0 Å². The number of phenolic OH excluding ortho intramolecular Hbond substituents is 2. The number of fused-ring (bicyclic) bond motifs is 1. The van der Waals surface area contributed by atoms with Crippen molar-refractivity contribution >= 4 is 23.2 Å². The normalized spacial score (nSPS) is 14.8. The highest BCUT2D eigenvalue weighted by Gasteiger charge is 2.37. The summed E-state index contributed by atoms with van der Waals surface area (Å²) in [6, 6.07) is 2.25. The van der Waals surface area contributed by atoms with Crippen molar-refractivity contribution in [3.8, 4) is 11.5 Å². The number of hydrogen-bond donors (Lipinski definition) is 2. The summed E-state index contributed by atoms with van der Waals surface area (Å²) in [5, 5.41) is 18.8. The molecule has 0 fully saturated rings. The largest absolute Gasteiger partial charge is 0.507 e. The number of benzene rings is 1. The first kappa shape index (κ1) is 12.4. The Balaban J connectivity index is 2.72. The van der Waals surface area contributed by atoms with Crippen LogP contribution in [0, 0.1) is 0 Å². The van der Waals surface area contributed by atoms with Gasteiger partial charge in [0.25, 0.3) is 0 Å². The van der Waals surface area contributed by atoms with Gasteiger partial charge in [0, 0.05) is 0 Å². The first-order valence-electron chi connectivity index (χ1n) is 5.16. The number of allylic oxidation sites excluding steroid dienone is 2. The van der Waals surface area contributed by atoms with Crippen molar-refractivity contribution in [2.45, 2.75) is 6.92 Å². The third-order valence-electron chi connectivity index (χ3n) is 2.51. The highest BCUT2D eigenvalue weighted by Crippen LogP contribution is 2.38. The van der Waals surface area contributed by atoms with Crippen molar-refractivity contribution in [3.63, 3.8) is 0 Å². The molecule has 94 valence electrons. The van der Waals surface area contributed by atoms with Crippen LogP contribution in [0.4, 0.5) is 0 Å². The Morgan fingerprint density at radius 2 is 1.61 bits per heavy atom. The average molecular weight is 269 g/mol. The van der Waals surface area contributed by atoms with Crippen LogP contribution in [0.1, 0.15) is 27.6 Å². The van der Waals surface area contributed by atoms with Gasteiger partial charge >= 0.3 is 0 Å². The summed E-state index contributed by atoms with van der Waals surface area (Å²) in [7, 11) is 0. The molecular weight excluding hydrogens is 260 g/mol. The molecule has 18 heavy (non-hydrogen) atoms. The van der Waals surface area contributed by atoms with Crippen LogP contribution >= 0.6 is 11.6 Å². The molecule has 6 heteroatoms. The van der Waals surface area contributed by atoms with E-state index in [0.717, 1.165) is 12.1 Å². The fourth-order valence-corrected chi connectivity index (χ4v) is 1.97. The van der Waals surface area contributed by atoms with E-state index >= 15 is 0 Å². The molecule has 0 saturated carbocycles. The van der Waals surface area contributed by atoms with Crippen LogP contribution in [0.2, 0.25) is 0 Å². The highest BCUT2D eigenvalue weighted by molar-refractivity contribution is 6.50. The van der Waals surface area contributed by atoms with E-state index in [-0.39, 0.29) is 23.5 Å². The first-order valence-corrected chi connectivity index (χ1v) is 5.53. The number of phenols is 2. The minimum atomic E-state index is -0.747. The van der Waals surface area contributed by atoms with Gasteiger partial charge in [-0.15, -0.1) is 0 Å². The third-order valence-corrected chi connectivity index (χ3v) is 2.85. The van der Waals surface area contributed by atoms with Gasteiger partial charge in [0.05, 0.1) is 17.7 Å². The van der Waals surface area contributed by atoms with E-state index in [9.17, 15) is 19.8 Å². The molecule has 0 aliphatic heterocycles. The second-order valence-corrected chi connectivity index (χ2v) is 3.97.